The number of carbonyl (C=O) groups excluding carboxylic acids is 2. The van der Waals surface area contributed by atoms with Crippen LogP contribution in [0, 0.1) is 5.92 Å². The molecule has 1 N–H and O–H groups in total. The average Bonchev–Trinajstić information content (AvgIpc) is 3.68. The van der Waals surface area contributed by atoms with Crippen LogP contribution in [0.3, 0.4) is 0 Å². The summed E-state index contributed by atoms with van der Waals surface area (Å²) in [7, 11) is 3.51. The third-order valence-corrected chi connectivity index (χ3v) is 7.78. The number of amides is 2. The van der Waals surface area contributed by atoms with E-state index in [4.69, 9.17) is 0 Å². The van der Waals surface area contributed by atoms with Gasteiger partial charge in [0.25, 0.3) is 5.91 Å². The van der Waals surface area contributed by atoms with Gasteiger partial charge in [-0.05, 0) is 61.1 Å². The molecule has 180 valence electrons. The molecular weight excluding hydrogens is 426 g/mol. The molecule has 0 bridgehead atoms. The van der Waals surface area contributed by atoms with Gasteiger partial charge in [-0.25, -0.2) is 0 Å². The van der Waals surface area contributed by atoms with E-state index in [9.17, 15) is 14.7 Å². The molecule has 2 saturated heterocycles. The number of nitrogens with zero attached hydrogens (tertiary/aromatic N) is 3. The highest BCUT2D eigenvalue weighted by Crippen LogP contribution is 2.43. The highest BCUT2D eigenvalue weighted by molar-refractivity contribution is 5.94. The molecule has 0 spiro atoms. The van der Waals surface area contributed by atoms with Crippen molar-refractivity contribution in [3.63, 3.8) is 0 Å². The van der Waals surface area contributed by atoms with Crippen LogP contribution in [0.2, 0.25) is 0 Å². The summed E-state index contributed by atoms with van der Waals surface area (Å²) in [5.41, 5.74) is 4.08. The summed E-state index contributed by atoms with van der Waals surface area (Å²) in [6.07, 6.45) is 4.19. The fourth-order valence-electron chi connectivity index (χ4n) is 5.69. The SMILES string of the molecule is CN(C)C(=O)c1ccc(-c2ccc([C@@H]3[C@@H](CO)N4CCCCN(C(=O)C5CC5)C[C@@H]34)cc2)cc1. The van der Waals surface area contributed by atoms with E-state index < -0.39 is 0 Å². The summed E-state index contributed by atoms with van der Waals surface area (Å²) >= 11 is 0. The Morgan fingerprint density at radius 1 is 0.941 bits per heavy atom. The molecule has 2 aromatic rings. The Morgan fingerprint density at radius 3 is 2.15 bits per heavy atom. The molecule has 6 heteroatoms. The molecule has 2 amide bonds. The van der Waals surface area contributed by atoms with Crippen molar-refractivity contribution in [2.24, 2.45) is 5.92 Å². The molecule has 0 aromatic heterocycles. The lowest BCUT2D eigenvalue weighted by molar-refractivity contribution is -0.137. The zero-order valence-electron chi connectivity index (χ0n) is 20.2. The number of carbonyl (C=O) groups is 2. The maximum Gasteiger partial charge on any atom is 0.253 e. The van der Waals surface area contributed by atoms with Crippen molar-refractivity contribution in [3.05, 3.63) is 59.7 Å². The quantitative estimate of drug-likeness (QED) is 0.743. The minimum absolute atomic E-state index is 0.0000999. The standard InChI is InChI=1S/C28H35N3O3/c1-29(2)27(33)22-11-7-20(8-12-22)19-5-9-21(10-6-19)26-24-17-30(28(34)23-13-14-23)15-3-4-16-31(24)25(26)18-32/h5-12,23-26,32H,3-4,13-18H2,1-2H3/t24-,25+,26-/m0/s1. The first-order chi connectivity index (χ1) is 16.5. The van der Waals surface area contributed by atoms with Gasteiger partial charge in [0.1, 0.15) is 0 Å². The molecule has 3 atom stereocenters. The molecule has 2 heterocycles. The van der Waals surface area contributed by atoms with Crippen molar-refractivity contribution in [2.75, 3.05) is 40.3 Å². The van der Waals surface area contributed by atoms with Gasteiger partial charge in [0.15, 0.2) is 0 Å². The lowest BCUT2D eigenvalue weighted by atomic mass is 9.74. The molecule has 0 unspecified atom stereocenters. The van der Waals surface area contributed by atoms with Crippen LogP contribution in [0.4, 0.5) is 0 Å². The zero-order chi connectivity index (χ0) is 23.8. The van der Waals surface area contributed by atoms with Crippen LogP contribution < -0.4 is 0 Å². The van der Waals surface area contributed by atoms with Crippen molar-refractivity contribution in [3.8, 4) is 11.1 Å². The number of aliphatic hydroxyl groups is 1. The lowest BCUT2D eigenvalue weighted by Gasteiger charge is -2.57. The Kier molecular flexibility index (Phi) is 6.45. The van der Waals surface area contributed by atoms with Crippen LogP contribution in [0.25, 0.3) is 11.1 Å². The van der Waals surface area contributed by atoms with Gasteiger partial charge in [-0.1, -0.05) is 36.4 Å². The van der Waals surface area contributed by atoms with Gasteiger partial charge >= 0.3 is 0 Å². The zero-order valence-corrected chi connectivity index (χ0v) is 20.2. The predicted octanol–water partition coefficient (Wildman–Crippen LogP) is 3.22. The number of fused-ring (bicyclic) bond motifs is 1. The van der Waals surface area contributed by atoms with E-state index >= 15 is 0 Å². The monoisotopic (exact) mass is 461 g/mol. The van der Waals surface area contributed by atoms with Crippen LogP contribution in [-0.2, 0) is 4.79 Å². The second kappa shape index (κ2) is 9.51. The average molecular weight is 462 g/mol. The highest BCUT2D eigenvalue weighted by Gasteiger charge is 2.50. The van der Waals surface area contributed by atoms with Gasteiger partial charge < -0.3 is 14.9 Å². The molecule has 5 rings (SSSR count). The Morgan fingerprint density at radius 2 is 1.56 bits per heavy atom. The van der Waals surface area contributed by atoms with Gasteiger partial charge in [0.2, 0.25) is 5.91 Å². The Labute approximate surface area is 202 Å². The minimum Gasteiger partial charge on any atom is -0.395 e. The van der Waals surface area contributed by atoms with E-state index in [-0.39, 0.29) is 36.4 Å². The largest absolute Gasteiger partial charge is 0.395 e. The smallest absolute Gasteiger partial charge is 0.253 e. The second-order valence-electron chi connectivity index (χ2n) is 10.2. The van der Waals surface area contributed by atoms with Gasteiger partial charge in [-0.15, -0.1) is 0 Å². The van der Waals surface area contributed by atoms with Crippen LogP contribution in [0.1, 0.15) is 47.5 Å². The summed E-state index contributed by atoms with van der Waals surface area (Å²) < 4.78 is 0. The normalized spacial score (nSPS) is 25.0. The van der Waals surface area contributed by atoms with E-state index in [1.165, 1.54) is 5.56 Å². The maximum atomic E-state index is 12.8. The van der Waals surface area contributed by atoms with E-state index in [0.717, 1.165) is 56.4 Å². The molecular formula is C28H35N3O3. The first-order valence-electron chi connectivity index (χ1n) is 12.6. The predicted molar refractivity (Wildman–Crippen MR) is 133 cm³/mol. The Hall–Kier alpha value is -2.70. The molecule has 34 heavy (non-hydrogen) atoms. The first kappa shape index (κ1) is 23.1. The molecule has 1 aliphatic carbocycles. The van der Waals surface area contributed by atoms with Gasteiger partial charge in [-0.2, -0.15) is 0 Å². The van der Waals surface area contributed by atoms with Crippen molar-refractivity contribution in [1.29, 1.82) is 0 Å². The molecule has 2 aliphatic heterocycles. The highest BCUT2D eigenvalue weighted by atomic mass is 16.3. The van der Waals surface area contributed by atoms with Gasteiger partial charge in [0.05, 0.1) is 6.61 Å². The molecule has 2 aromatic carbocycles. The van der Waals surface area contributed by atoms with Crippen molar-refractivity contribution >= 4 is 11.8 Å². The van der Waals surface area contributed by atoms with Crippen molar-refractivity contribution in [2.45, 2.75) is 43.7 Å². The van der Waals surface area contributed by atoms with Crippen molar-refractivity contribution < 1.29 is 14.7 Å². The lowest BCUT2D eigenvalue weighted by Crippen LogP contribution is -2.68. The summed E-state index contributed by atoms with van der Waals surface area (Å²) in [6.45, 7) is 2.76. The number of hydrogen-bond donors (Lipinski definition) is 1. The van der Waals surface area contributed by atoms with Gasteiger partial charge in [-0.3, -0.25) is 14.5 Å². The summed E-state index contributed by atoms with van der Waals surface area (Å²) in [5.74, 6) is 0.810. The van der Waals surface area contributed by atoms with Crippen LogP contribution in [0.5, 0.6) is 0 Å². The third kappa shape index (κ3) is 4.37. The topological polar surface area (TPSA) is 64.1 Å². The Bertz CT molecular complexity index is 1030. The fourth-order valence-corrected chi connectivity index (χ4v) is 5.69. The maximum absolute atomic E-state index is 12.8. The summed E-state index contributed by atoms with van der Waals surface area (Å²) in [4.78, 5) is 31.1. The van der Waals surface area contributed by atoms with E-state index in [0.29, 0.717) is 11.5 Å². The Balaban J connectivity index is 1.34. The first-order valence-corrected chi connectivity index (χ1v) is 12.6. The molecule has 1 saturated carbocycles. The van der Waals surface area contributed by atoms with Crippen LogP contribution in [0.15, 0.2) is 48.5 Å². The van der Waals surface area contributed by atoms with E-state index in [2.05, 4.69) is 34.1 Å². The number of hydrogen-bond acceptors (Lipinski definition) is 4. The molecule has 3 fully saturated rings. The molecule has 0 radical (unpaired) electrons. The molecule has 3 aliphatic rings. The summed E-state index contributed by atoms with van der Waals surface area (Å²) in [5, 5.41) is 10.2. The third-order valence-electron chi connectivity index (χ3n) is 7.78. The van der Waals surface area contributed by atoms with Gasteiger partial charge in [0, 0.05) is 56.7 Å². The minimum atomic E-state index is -0.0000999. The van der Waals surface area contributed by atoms with E-state index in [1.807, 2.05) is 24.3 Å². The molecule has 6 nitrogen and oxygen atoms in total. The summed E-state index contributed by atoms with van der Waals surface area (Å²) in [6, 6.07) is 16.7. The van der Waals surface area contributed by atoms with E-state index in [1.54, 1.807) is 19.0 Å². The van der Waals surface area contributed by atoms with Crippen molar-refractivity contribution in [1.82, 2.24) is 14.7 Å². The van der Waals surface area contributed by atoms with Crippen LogP contribution in [-0.4, -0.2) is 84.0 Å². The number of aliphatic hydroxyl groups excluding tert-OH is 1. The second-order valence-corrected chi connectivity index (χ2v) is 10.2. The fraction of sp³-hybridized carbons (Fsp3) is 0.500. The number of rotatable bonds is 5. The number of benzene rings is 2. The van der Waals surface area contributed by atoms with Crippen LogP contribution >= 0.6 is 0 Å².